The van der Waals surface area contributed by atoms with Crippen LogP contribution in [0.3, 0.4) is 0 Å². The number of likely N-dealkylation sites (tertiary alicyclic amines) is 1. The van der Waals surface area contributed by atoms with Gasteiger partial charge in [-0.15, -0.1) is 0 Å². The highest BCUT2D eigenvalue weighted by atomic mass is 16.2. The molecule has 0 bridgehead atoms. The molecule has 2 unspecified atom stereocenters. The monoisotopic (exact) mass is 267 g/mol. The van der Waals surface area contributed by atoms with Crippen LogP contribution >= 0.6 is 0 Å². The van der Waals surface area contributed by atoms with Crippen molar-refractivity contribution in [3.8, 4) is 0 Å². The second-order valence-corrected chi connectivity index (χ2v) is 6.17. The van der Waals surface area contributed by atoms with Crippen LogP contribution in [0, 0.1) is 5.92 Å². The van der Waals surface area contributed by atoms with E-state index in [1.54, 1.807) is 0 Å². The van der Waals surface area contributed by atoms with Crippen LogP contribution in [-0.4, -0.2) is 49.1 Å². The van der Waals surface area contributed by atoms with Crippen LogP contribution in [0.1, 0.15) is 46.0 Å². The standard InChI is InChI=1S/C15H29N3O/c1-3-18-9-7-13(8-10-18)11-16-15(19)14-6-4-5-12(2)17-14/h12-14,17H,3-11H2,1-2H3,(H,16,19). The number of nitrogens with one attached hydrogen (secondary N) is 2. The Kier molecular flexibility index (Phi) is 5.64. The molecule has 0 aliphatic carbocycles. The second-order valence-electron chi connectivity index (χ2n) is 6.17. The molecule has 2 N–H and O–H groups in total. The van der Waals surface area contributed by atoms with Gasteiger partial charge in [-0.2, -0.15) is 0 Å². The highest BCUT2D eigenvalue weighted by molar-refractivity contribution is 5.81. The Morgan fingerprint density at radius 2 is 2.00 bits per heavy atom. The predicted octanol–water partition coefficient (Wildman–Crippen LogP) is 1.37. The maximum absolute atomic E-state index is 12.1. The molecule has 2 saturated heterocycles. The molecule has 4 nitrogen and oxygen atoms in total. The van der Waals surface area contributed by atoms with Crippen molar-refractivity contribution in [1.82, 2.24) is 15.5 Å². The summed E-state index contributed by atoms with van der Waals surface area (Å²) in [6, 6.07) is 0.525. The van der Waals surface area contributed by atoms with E-state index in [4.69, 9.17) is 0 Å². The first-order valence-electron chi connectivity index (χ1n) is 7.95. The van der Waals surface area contributed by atoms with Gasteiger partial charge in [0.2, 0.25) is 5.91 Å². The molecule has 1 amide bonds. The van der Waals surface area contributed by atoms with Gasteiger partial charge in [0.15, 0.2) is 0 Å². The third kappa shape index (κ3) is 4.46. The number of piperidine rings is 2. The maximum atomic E-state index is 12.1. The Morgan fingerprint density at radius 3 is 2.63 bits per heavy atom. The molecule has 2 aliphatic heterocycles. The van der Waals surface area contributed by atoms with Crippen LogP contribution in [0.5, 0.6) is 0 Å². The van der Waals surface area contributed by atoms with Crippen LogP contribution in [-0.2, 0) is 4.79 Å². The lowest BCUT2D eigenvalue weighted by Crippen LogP contribution is -2.51. The summed E-state index contributed by atoms with van der Waals surface area (Å²) < 4.78 is 0. The van der Waals surface area contributed by atoms with Crippen molar-refractivity contribution >= 4 is 5.91 Å². The molecule has 19 heavy (non-hydrogen) atoms. The predicted molar refractivity (Wildman–Crippen MR) is 78.1 cm³/mol. The fraction of sp³-hybridized carbons (Fsp3) is 0.933. The van der Waals surface area contributed by atoms with Crippen LogP contribution in [0.4, 0.5) is 0 Å². The van der Waals surface area contributed by atoms with Crippen LogP contribution in [0.2, 0.25) is 0 Å². The molecule has 0 aromatic heterocycles. The zero-order chi connectivity index (χ0) is 13.7. The van der Waals surface area contributed by atoms with E-state index >= 15 is 0 Å². The smallest absolute Gasteiger partial charge is 0.237 e. The Balaban J connectivity index is 1.66. The van der Waals surface area contributed by atoms with Crippen LogP contribution in [0.25, 0.3) is 0 Å². The number of hydrogen-bond acceptors (Lipinski definition) is 3. The van der Waals surface area contributed by atoms with Gasteiger partial charge < -0.3 is 15.5 Å². The van der Waals surface area contributed by atoms with E-state index in [1.165, 1.54) is 38.8 Å². The molecular formula is C15H29N3O. The summed E-state index contributed by atoms with van der Waals surface area (Å²) >= 11 is 0. The topological polar surface area (TPSA) is 44.4 Å². The third-order valence-electron chi connectivity index (χ3n) is 4.65. The fourth-order valence-corrected chi connectivity index (χ4v) is 3.22. The molecule has 2 atom stereocenters. The first kappa shape index (κ1) is 14.8. The van der Waals surface area contributed by atoms with Crippen molar-refractivity contribution in [3.05, 3.63) is 0 Å². The number of carbonyl (C=O) groups is 1. The van der Waals surface area contributed by atoms with Gasteiger partial charge in [0.25, 0.3) is 0 Å². The van der Waals surface area contributed by atoms with Crippen molar-refractivity contribution in [2.45, 2.75) is 58.0 Å². The lowest BCUT2D eigenvalue weighted by Gasteiger charge is -2.32. The molecule has 2 rings (SSSR count). The highest BCUT2D eigenvalue weighted by Crippen LogP contribution is 2.16. The molecule has 0 saturated carbocycles. The Morgan fingerprint density at radius 1 is 1.26 bits per heavy atom. The molecule has 2 heterocycles. The SMILES string of the molecule is CCN1CCC(CNC(=O)C2CCCC(C)N2)CC1. The van der Waals surface area contributed by atoms with E-state index in [0.29, 0.717) is 12.0 Å². The summed E-state index contributed by atoms with van der Waals surface area (Å²) in [6.07, 6.45) is 5.80. The fourth-order valence-electron chi connectivity index (χ4n) is 3.22. The minimum atomic E-state index is 0.0412. The molecule has 0 aromatic carbocycles. The van der Waals surface area contributed by atoms with E-state index in [2.05, 4.69) is 29.4 Å². The molecule has 4 heteroatoms. The quantitative estimate of drug-likeness (QED) is 0.808. The summed E-state index contributed by atoms with van der Waals surface area (Å²) in [5.74, 6) is 0.886. The molecular weight excluding hydrogens is 238 g/mol. The van der Waals surface area contributed by atoms with Crippen molar-refractivity contribution in [3.63, 3.8) is 0 Å². The Labute approximate surface area is 117 Å². The normalized spacial score (nSPS) is 30.2. The lowest BCUT2D eigenvalue weighted by atomic mass is 9.96. The molecule has 2 fully saturated rings. The van der Waals surface area contributed by atoms with E-state index in [9.17, 15) is 4.79 Å². The number of nitrogens with zero attached hydrogens (tertiary/aromatic N) is 1. The lowest BCUT2D eigenvalue weighted by molar-refractivity contribution is -0.124. The van der Waals surface area contributed by atoms with Crippen molar-refractivity contribution in [2.75, 3.05) is 26.2 Å². The third-order valence-corrected chi connectivity index (χ3v) is 4.65. The number of hydrogen-bond donors (Lipinski definition) is 2. The first-order valence-corrected chi connectivity index (χ1v) is 7.95. The largest absolute Gasteiger partial charge is 0.354 e. The Hall–Kier alpha value is -0.610. The van der Waals surface area contributed by atoms with Gasteiger partial charge in [0.1, 0.15) is 0 Å². The molecule has 0 aromatic rings. The maximum Gasteiger partial charge on any atom is 0.237 e. The van der Waals surface area contributed by atoms with Crippen molar-refractivity contribution in [2.24, 2.45) is 5.92 Å². The molecule has 0 spiro atoms. The van der Waals surface area contributed by atoms with E-state index in [1.807, 2.05) is 0 Å². The van der Waals surface area contributed by atoms with Crippen molar-refractivity contribution < 1.29 is 4.79 Å². The van der Waals surface area contributed by atoms with Crippen LogP contribution in [0.15, 0.2) is 0 Å². The molecule has 110 valence electrons. The minimum absolute atomic E-state index is 0.0412. The average Bonchev–Trinajstić information content (AvgIpc) is 2.45. The zero-order valence-electron chi connectivity index (χ0n) is 12.5. The number of carbonyl (C=O) groups excluding carboxylic acids is 1. The van der Waals surface area contributed by atoms with E-state index < -0.39 is 0 Å². The van der Waals surface area contributed by atoms with Gasteiger partial charge in [-0.3, -0.25) is 4.79 Å². The van der Waals surface area contributed by atoms with Gasteiger partial charge >= 0.3 is 0 Å². The van der Waals surface area contributed by atoms with Gasteiger partial charge in [-0.25, -0.2) is 0 Å². The van der Waals surface area contributed by atoms with Crippen LogP contribution < -0.4 is 10.6 Å². The summed E-state index contributed by atoms with van der Waals surface area (Å²) in [7, 11) is 0. The van der Waals surface area contributed by atoms with Gasteiger partial charge in [-0.05, 0) is 64.6 Å². The van der Waals surface area contributed by atoms with E-state index in [0.717, 1.165) is 19.5 Å². The Bertz CT molecular complexity index is 287. The summed E-state index contributed by atoms with van der Waals surface area (Å²) in [5.41, 5.74) is 0. The van der Waals surface area contributed by atoms with Gasteiger partial charge in [0, 0.05) is 12.6 Å². The molecule has 2 aliphatic rings. The minimum Gasteiger partial charge on any atom is -0.354 e. The van der Waals surface area contributed by atoms with Gasteiger partial charge in [-0.1, -0.05) is 6.92 Å². The zero-order valence-corrected chi connectivity index (χ0v) is 12.5. The number of rotatable bonds is 4. The summed E-state index contributed by atoms with van der Waals surface area (Å²) in [6.45, 7) is 8.79. The molecule has 0 radical (unpaired) electrons. The van der Waals surface area contributed by atoms with E-state index in [-0.39, 0.29) is 11.9 Å². The highest BCUT2D eigenvalue weighted by Gasteiger charge is 2.25. The first-order chi connectivity index (χ1) is 9.19. The summed E-state index contributed by atoms with van der Waals surface area (Å²) in [4.78, 5) is 14.6. The van der Waals surface area contributed by atoms with Crippen molar-refractivity contribution in [1.29, 1.82) is 0 Å². The second kappa shape index (κ2) is 7.25. The number of amides is 1. The average molecular weight is 267 g/mol. The summed E-state index contributed by atoms with van der Waals surface area (Å²) in [5, 5.41) is 6.56. The van der Waals surface area contributed by atoms with Gasteiger partial charge in [0.05, 0.1) is 6.04 Å².